The van der Waals surface area contributed by atoms with Gasteiger partial charge < -0.3 is 14.2 Å². The number of hydrogen-bond donors (Lipinski definition) is 0. The molecule has 0 heterocycles. The summed E-state index contributed by atoms with van der Waals surface area (Å²) in [5.41, 5.74) is 0. The second kappa shape index (κ2) is 46.5. The molecule has 6 heteroatoms. The van der Waals surface area contributed by atoms with E-state index < -0.39 is 6.10 Å². The van der Waals surface area contributed by atoms with E-state index in [2.05, 4.69) is 69.4 Å². The van der Waals surface area contributed by atoms with E-state index in [-0.39, 0.29) is 37.5 Å². The molecule has 1 atom stereocenters. The lowest BCUT2D eigenvalue weighted by atomic mass is 10.1. The minimum atomic E-state index is -0.819. The highest BCUT2D eigenvalue weighted by atomic mass is 16.6. The van der Waals surface area contributed by atoms with Crippen LogP contribution < -0.4 is 0 Å². The second-order valence-corrected chi connectivity index (χ2v) is 14.7. The van der Waals surface area contributed by atoms with Crippen LogP contribution >= 0.6 is 0 Å². The van der Waals surface area contributed by atoms with Crippen molar-refractivity contribution in [3.05, 3.63) is 122 Å². The molecule has 0 fully saturated rings. The molecule has 0 aliphatic heterocycles. The van der Waals surface area contributed by atoms with Gasteiger partial charge in [0.15, 0.2) is 6.10 Å². The smallest absolute Gasteiger partial charge is 0.306 e. The zero-order valence-corrected chi connectivity index (χ0v) is 37.5. The maximum atomic E-state index is 12.7. The Bertz CT molecular complexity index is 1300. The molecule has 0 aromatic carbocycles. The van der Waals surface area contributed by atoms with Crippen molar-refractivity contribution < 1.29 is 28.6 Å². The number of hydrogen-bond acceptors (Lipinski definition) is 6. The number of allylic oxidation sites excluding steroid dienone is 20. The van der Waals surface area contributed by atoms with Crippen LogP contribution in [0.4, 0.5) is 0 Å². The summed E-state index contributed by atoms with van der Waals surface area (Å²) < 4.78 is 16.6. The number of unbranched alkanes of at least 4 members (excludes halogenated alkanes) is 14. The normalized spacial score (nSPS) is 13.2. The first kappa shape index (κ1) is 54.8. The molecule has 0 saturated carbocycles. The first-order valence-electron chi connectivity index (χ1n) is 23.1. The van der Waals surface area contributed by atoms with Crippen LogP contribution in [-0.2, 0) is 28.6 Å². The van der Waals surface area contributed by atoms with Crippen molar-refractivity contribution in [1.82, 2.24) is 0 Å². The Morgan fingerprint density at radius 2 is 0.746 bits per heavy atom. The van der Waals surface area contributed by atoms with E-state index in [1.54, 1.807) is 0 Å². The van der Waals surface area contributed by atoms with E-state index in [4.69, 9.17) is 14.2 Å². The minimum absolute atomic E-state index is 0.120. The third kappa shape index (κ3) is 44.8. The maximum absolute atomic E-state index is 12.7. The summed E-state index contributed by atoms with van der Waals surface area (Å²) in [6.45, 7) is 6.24. The van der Waals surface area contributed by atoms with E-state index in [0.717, 1.165) is 96.3 Å². The lowest BCUT2D eigenvalue weighted by Gasteiger charge is -2.18. The minimum Gasteiger partial charge on any atom is -0.462 e. The van der Waals surface area contributed by atoms with Gasteiger partial charge in [-0.2, -0.15) is 0 Å². The van der Waals surface area contributed by atoms with E-state index in [0.29, 0.717) is 12.8 Å². The highest BCUT2D eigenvalue weighted by Gasteiger charge is 2.19. The molecule has 59 heavy (non-hydrogen) atoms. The van der Waals surface area contributed by atoms with Gasteiger partial charge in [-0.05, 0) is 89.9 Å². The highest BCUT2D eigenvalue weighted by molar-refractivity contribution is 5.71. The van der Waals surface area contributed by atoms with Crippen molar-refractivity contribution in [3.8, 4) is 0 Å². The number of carbonyl (C=O) groups excluding carboxylic acids is 3. The maximum Gasteiger partial charge on any atom is 0.306 e. The number of ether oxygens (including phenoxy) is 3. The zero-order chi connectivity index (χ0) is 43.0. The molecule has 0 N–H and O–H groups in total. The predicted molar refractivity (Wildman–Crippen MR) is 251 cm³/mol. The van der Waals surface area contributed by atoms with Crippen LogP contribution in [0.3, 0.4) is 0 Å². The van der Waals surface area contributed by atoms with Crippen LogP contribution in [0.5, 0.6) is 0 Å². The van der Waals surface area contributed by atoms with Gasteiger partial charge >= 0.3 is 17.9 Å². The molecule has 0 rings (SSSR count). The summed E-state index contributed by atoms with van der Waals surface area (Å²) in [4.78, 5) is 37.7. The Hall–Kier alpha value is -4.19. The van der Waals surface area contributed by atoms with E-state index in [1.807, 2.05) is 72.9 Å². The summed E-state index contributed by atoms with van der Waals surface area (Å²) in [7, 11) is 0. The Labute approximate surface area is 361 Å². The molecule has 1 unspecified atom stereocenters. The van der Waals surface area contributed by atoms with Gasteiger partial charge in [0, 0.05) is 19.3 Å². The molecule has 0 bridgehead atoms. The molecule has 0 saturated heterocycles. The van der Waals surface area contributed by atoms with Crippen LogP contribution in [0.25, 0.3) is 0 Å². The Balaban J connectivity index is 4.53. The summed E-state index contributed by atoms with van der Waals surface area (Å²) in [5, 5.41) is 0. The highest BCUT2D eigenvalue weighted by Crippen LogP contribution is 2.11. The third-order valence-electron chi connectivity index (χ3n) is 9.13. The average molecular weight is 815 g/mol. The zero-order valence-electron chi connectivity index (χ0n) is 37.5. The van der Waals surface area contributed by atoms with Crippen LogP contribution in [0, 0.1) is 0 Å². The molecule has 0 aliphatic rings. The Morgan fingerprint density at radius 1 is 0.373 bits per heavy atom. The van der Waals surface area contributed by atoms with Crippen molar-refractivity contribution in [2.24, 2.45) is 0 Å². The molecule has 0 aromatic rings. The van der Waals surface area contributed by atoms with Crippen LogP contribution in [0.15, 0.2) is 122 Å². The molecule has 0 aliphatic carbocycles. The van der Waals surface area contributed by atoms with Crippen LogP contribution in [0.1, 0.15) is 175 Å². The molecule has 0 amide bonds. The van der Waals surface area contributed by atoms with Gasteiger partial charge in [-0.25, -0.2) is 0 Å². The predicted octanol–water partition coefficient (Wildman–Crippen LogP) is 15.0. The molecule has 0 radical (unpaired) electrons. The standard InChI is InChI=1S/C53H82O6/c1-4-7-10-13-16-19-21-23-24-25-26-27-28-30-31-34-37-40-43-46-52(55)58-49-50(48-57-51(54)45-42-39-36-33-18-15-12-9-6-3)59-53(56)47-44-41-38-35-32-29-22-20-17-14-11-8-5-2/h7,9-10,12-13,16,18-19,21,23-33,50H,4-6,8,11,14-15,17,20,22,34-49H2,1-3H3/b10-7-,12-9-,16-13-,21-19-,24-23-,26-25+,28-27-,31-30-,32-29-,33-18-. The van der Waals surface area contributed by atoms with E-state index >= 15 is 0 Å². The monoisotopic (exact) mass is 815 g/mol. The number of rotatable bonds is 39. The van der Waals surface area contributed by atoms with E-state index in [9.17, 15) is 14.4 Å². The summed E-state index contributed by atoms with van der Waals surface area (Å²) >= 11 is 0. The van der Waals surface area contributed by atoms with Crippen molar-refractivity contribution in [1.29, 1.82) is 0 Å². The first-order valence-corrected chi connectivity index (χ1v) is 23.1. The SMILES string of the molecule is CC\C=C/C=C\C=C/C=C\C=C\C=C/C=C\CCCCCC(=O)OCC(COC(=O)CCCC/C=C\C/C=C\CC)OC(=O)CCCCC/C=C\CCCCCCCC. The molecule has 0 aromatic heterocycles. The van der Waals surface area contributed by atoms with E-state index in [1.165, 1.54) is 38.5 Å². The summed E-state index contributed by atoms with van der Waals surface area (Å²) in [6.07, 6.45) is 63.3. The van der Waals surface area contributed by atoms with Gasteiger partial charge in [-0.3, -0.25) is 14.4 Å². The van der Waals surface area contributed by atoms with Gasteiger partial charge in [-0.1, -0.05) is 187 Å². The largest absolute Gasteiger partial charge is 0.462 e. The topological polar surface area (TPSA) is 78.9 Å². The first-order chi connectivity index (χ1) is 29.0. The van der Waals surface area contributed by atoms with Gasteiger partial charge in [0.05, 0.1) is 0 Å². The average Bonchev–Trinajstić information content (AvgIpc) is 3.23. The summed E-state index contributed by atoms with van der Waals surface area (Å²) in [6, 6.07) is 0. The number of esters is 3. The molecular weight excluding hydrogens is 733 g/mol. The van der Waals surface area contributed by atoms with Crippen molar-refractivity contribution in [2.75, 3.05) is 13.2 Å². The van der Waals surface area contributed by atoms with Gasteiger partial charge in [0.25, 0.3) is 0 Å². The molecular formula is C53H82O6. The Kier molecular flexibility index (Phi) is 43.2. The van der Waals surface area contributed by atoms with Crippen molar-refractivity contribution in [2.45, 2.75) is 181 Å². The van der Waals surface area contributed by atoms with Gasteiger partial charge in [-0.15, -0.1) is 0 Å². The Morgan fingerprint density at radius 3 is 1.27 bits per heavy atom. The molecule has 0 spiro atoms. The van der Waals surface area contributed by atoms with Crippen LogP contribution in [0.2, 0.25) is 0 Å². The van der Waals surface area contributed by atoms with Crippen molar-refractivity contribution in [3.63, 3.8) is 0 Å². The fourth-order valence-corrected chi connectivity index (χ4v) is 5.69. The quantitative estimate of drug-likeness (QED) is 0.0202. The van der Waals surface area contributed by atoms with Gasteiger partial charge in [0.1, 0.15) is 13.2 Å². The van der Waals surface area contributed by atoms with Crippen molar-refractivity contribution >= 4 is 17.9 Å². The third-order valence-corrected chi connectivity index (χ3v) is 9.13. The lowest BCUT2D eigenvalue weighted by molar-refractivity contribution is -0.167. The second-order valence-electron chi connectivity index (χ2n) is 14.7. The van der Waals surface area contributed by atoms with Gasteiger partial charge in [0.2, 0.25) is 0 Å². The fraction of sp³-hybridized carbons (Fsp3) is 0.566. The number of carbonyl (C=O) groups is 3. The molecule has 6 nitrogen and oxygen atoms in total. The lowest BCUT2D eigenvalue weighted by Crippen LogP contribution is -2.30. The van der Waals surface area contributed by atoms with Crippen LogP contribution in [-0.4, -0.2) is 37.2 Å². The summed E-state index contributed by atoms with van der Waals surface area (Å²) in [5.74, 6) is -1.03. The fourth-order valence-electron chi connectivity index (χ4n) is 5.69. The molecule has 330 valence electrons.